The van der Waals surface area contributed by atoms with E-state index in [1.165, 1.54) is 5.56 Å². The molecule has 27 heavy (non-hydrogen) atoms. The fourth-order valence-electron chi connectivity index (χ4n) is 3.74. The molecule has 1 atom stereocenters. The van der Waals surface area contributed by atoms with Crippen LogP contribution in [0.15, 0.2) is 12.1 Å². The molecule has 1 fully saturated rings. The summed E-state index contributed by atoms with van der Waals surface area (Å²) in [5.74, 6) is 1.59. The minimum Gasteiger partial charge on any atom is -0.493 e. The molecule has 7 heteroatoms. The van der Waals surface area contributed by atoms with Crippen molar-refractivity contribution >= 4 is 11.8 Å². The van der Waals surface area contributed by atoms with Crippen molar-refractivity contribution in [3.63, 3.8) is 0 Å². The van der Waals surface area contributed by atoms with E-state index in [0.29, 0.717) is 38.2 Å². The Bertz CT molecular complexity index is 686. The summed E-state index contributed by atoms with van der Waals surface area (Å²) in [5, 5.41) is 6.10. The van der Waals surface area contributed by atoms with Crippen LogP contribution in [0.2, 0.25) is 0 Å². The average molecular weight is 375 g/mol. The molecular formula is C20H29N3O4. The zero-order valence-corrected chi connectivity index (χ0v) is 16.2. The molecule has 148 valence electrons. The number of rotatable bonds is 7. The Labute approximate surface area is 160 Å². The highest BCUT2D eigenvalue weighted by Gasteiger charge is 2.23. The second kappa shape index (κ2) is 9.08. The predicted molar refractivity (Wildman–Crippen MR) is 102 cm³/mol. The van der Waals surface area contributed by atoms with Gasteiger partial charge in [0, 0.05) is 26.1 Å². The maximum Gasteiger partial charge on any atom is 0.237 e. The van der Waals surface area contributed by atoms with Crippen molar-refractivity contribution in [2.75, 3.05) is 33.9 Å². The first kappa shape index (κ1) is 19.5. The molecule has 1 aromatic rings. The number of hydrogen-bond donors (Lipinski definition) is 2. The SMILES string of the molecule is COc1cc2c(cc1OC)CN(C(=O)CCCNC(=O)C1CCCN1)CC2. The third-order valence-corrected chi connectivity index (χ3v) is 5.31. The van der Waals surface area contributed by atoms with Crippen LogP contribution in [-0.4, -0.2) is 56.6 Å². The summed E-state index contributed by atoms with van der Waals surface area (Å²) >= 11 is 0. The fraction of sp³-hybridized carbons (Fsp3) is 0.600. The molecule has 0 spiro atoms. The van der Waals surface area contributed by atoms with E-state index < -0.39 is 0 Å². The van der Waals surface area contributed by atoms with Crippen molar-refractivity contribution in [3.05, 3.63) is 23.3 Å². The van der Waals surface area contributed by atoms with Crippen molar-refractivity contribution in [2.45, 2.75) is 44.7 Å². The van der Waals surface area contributed by atoms with E-state index in [0.717, 1.165) is 37.1 Å². The lowest BCUT2D eigenvalue weighted by Gasteiger charge is -2.29. The van der Waals surface area contributed by atoms with Crippen LogP contribution >= 0.6 is 0 Å². The molecule has 0 aromatic heterocycles. The average Bonchev–Trinajstić information content (AvgIpc) is 3.24. The molecule has 1 unspecified atom stereocenters. The monoisotopic (exact) mass is 375 g/mol. The number of methoxy groups -OCH3 is 2. The van der Waals surface area contributed by atoms with Crippen molar-refractivity contribution in [2.24, 2.45) is 0 Å². The maximum absolute atomic E-state index is 12.5. The van der Waals surface area contributed by atoms with Crippen LogP contribution in [0.4, 0.5) is 0 Å². The largest absolute Gasteiger partial charge is 0.493 e. The first-order chi connectivity index (χ1) is 13.1. The van der Waals surface area contributed by atoms with Gasteiger partial charge in [0.1, 0.15) is 0 Å². The Morgan fingerprint density at radius 3 is 2.63 bits per heavy atom. The Morgan fingerprint density at radius 2 is 1.96 bits per heavy atom. The van der Waals surface area contributed by atoms with E-state index in [1.54, 1.807) is 14.2 Å². The molecule has 0 bridgehead atoms. The van der Waals surface area contributed by atoms with Gasteiger partial charge in [0.15, 0.2) is 11.5 Å². The Hall–Kier alpha value is -2.28. The second-order valence-corrected chi connectivity index (χ2v) is 7.08. The van der Waals surface area contributed by atoms with E-state index in [1.807, 2.05) is 17.0 Å². The van der Waals surface area contributed by atoms with Crippen molar-refractivity contribution in [1.29, 1.82) is 0 Å². The van der Waals surface area contributed by atoms with Crippen LogP contribution in [0, 0.1) is 0 Å². The van der Waals surface area contributed by atoms with Gasteiger partial charge in [0.05, 0.1) is 20.3 Å². The van der Waals surface area contributed by atoms with Crippen LogP contribution in [0.3, 0.4) is 0 Å². The maximum atomic E-state index is 12.5. The van der Waals surface area contributed by atoms with Gasteiger partial charge >= 0.3 is 0 Å². The van der Waals surface area contributed by atoms with Gasteiger partial charge in [0.25, 0.3) is 0 Å². The minimum atomic E-state index is -0.0636. The lowest BCUT2D eigenvalue weighted by atomic mass is 9.98. The zero-order valence-electron chi connectivity index (χ0n) is 16.2. The lowest BCUT2D eigenvalue weighted by molar-refractivity contribution is -0.132. The Kier molecular flexibility index (Phi) is 6.55. The summed E-state index contributed by atoms with van der Waals surface area (Å²) in [5.41, 5.74) is 2.31. The minimum absolute atomic E-state index is 0.0490. The number of carbonyl (C=O) groups excluding carboxylic acids is 2. The number of nitrogens with zero attached hydrogens (tertiary/aromatic N) is 1. The molecule has 2 N–H and O–H groups in total. The topological polar surface area (TPSA) is 79.9 Å². The van der Waals surface area contributed by atoms with E-state index in [-0.39, 0.29) is 17.9 Å². The summed E-state index contributed by atoms with van der Waals surface area (Å²) in [7, 11) is 3.25. The van der Waals surface area contributed by atoms with E-state index in [2.05, 4.69) is 10.6 Å². The summed E-state index contributed by atoms with van der Waals surface area (Å²) in [6, 6.07) is 3.90. The first-order valence-electron chi connectivity index (χ1n) is 9.65. The number of benzene rings is 1. The van der Waals surface area contributed by atoms with E-state index >= 15 is 0 Å². The van der Waals surface area contributed by atoms with Crippen LogP contribution in [0.5, 0.6) is 11.5 Å². The normalized spacial score (nSPS) is 18.7. The molecule has 0 aliphatic carbocycles. The molecule has 3 rings (SSSR count). The molecular weight excluding hydrogens is 346 g/mol. The standard InChI is InChI=1S/C20H29N3O4/c1-26-17-11-14-7-10-23(13-15(14)12-18(17)27-2)19(24)6-4-9-22-20(25)16-5-3-8-21-16/h11-12,16,21H,3-10,13H2,1-2H3,(H,22,25). The van der Waals surface area contributed by atoms with Crippen molar-refractivity contribution < 1.29 is 19.1 Å². The second-order valence-electron chi connectivity index (χ2n) is 7.08. The number of amides is 2. The molecule has 2 amide bonds. The lowest BCUT2D eigenvalue weighted by Crippen LogP contribution is -2.41. The Morgan fingerprint density at radius 1 is 1.22 bits per heavy atom. The molecule has 7 nitrogen and oxygen atoms in total. The Balaban J connectivity index is 1.46. The van der Waals surface area contributed by atoms with Crippen LogP contribution in [0.25, 0.3) is 0 Å². The molecule has 1 aromatic carbocycles. The van der Waals surface area contributed by atoms with Crippen LogP contribution in [-0.2, 0) is 22.6 Å². The number of fused-ring (bicyclic) bond motifs is 1. The summed E-state index contributed by atoms with van der Waals surface area (Å²) in [6.07, 6.45) is 3.86. The predicted octanol–water partition coefficient (Wildman–Crippen LogP) is 1.24. The van der Waals surface area contributed by atoms with Crippen molar-refractivity contribution in [3.8, 4) is 11.5 Å². The highest BCUT2D eigenvalue weighted by atomic mass is 16.5. The summed E-state index contributed by atoms with van der Waals surface area (Å²) in [4.78, 5) is 26.4. The van der Waals surface area contributed by atoms with Gasteiger partial charge in [-0.15, -0.1) is 0 Å². The zero-order chi connectivity index (χ0) is 19.2. The molecule has 1 saturated heterocycles. The first-order valence-corrected chi connectivity index (χ1v) is 9.65. The summed E-state index contributed by atoms with van der Waals surface area (Å²) < 4.78 is 10.7. The van der Waals surface area contributed by atoms with Gasteiger partial charge in [-0.3, -0.25) is 9.59 Å². The molecule has 2 heterocycles. The van der Waals surface area contributed by atoms with Gasteiger partial charge in [-0.1, -0.05) is 0 Å². The van der Waals surface area contributed by atoms with E-state index in [9.17, 15) is 9.59 Å². The number of ether oxygens (including phenoxy) is 2. The third-order valence-electron chi connectivity index (χ3n) is 5.31. The van der Waals surface area contributed by atoms with Gasteiger partial charge in [0.2, 0.25) is 11.8 Å². The third kappa shape index (κ3) is 4.71. The highest BCUT2D eigenvalue weighted by molar-refractivity contribution is 5.82. The van der Waals surface area contributed by atoms with E-state index in [4.69, 9.17) is 9.47 Å². The summed E-state index contributed by atoms with van der Waals surface area (Å²) in [6.45, 7) is 2.74. The van der Waals surface area contributed by atoms with Gasteiger partial charge in [-0.2, -0.15) is 0 Å². The molecule has 2 aliphatic rings. The van der Waals surface area contributed by atoms with Crippen LogP contribution < -0.4 is 20.1 Å². The van der Waals surface area contributed by atoms with Crippen molar-refractivity contribution in [1.82, 2.24) is 15.5 Å². The molecule has 0 saturated carbocycles. The highest BCUT2D eigenvalue weighted by Crippen LogP contribution is 2.33. The quantitative estimate of drug-likeness (QED) is 0.701. The molecule has 2 aliphatic heterocycles. The fourth-order valence-corrected chi connectivity index (χ4v) is 3.74. The smallest absolute Gasteiger partial charge is 0.237 e. The number of hydrogen-bond acceptors (Lipinski definition) is 5. The van der Waals surface area contributed by atoms with Gasteiger partial charge in [-0.05, 0) is 55.5 Å². The van der Waals surface area contributed by atoms with Gasteiger partial charge < -0.3 is 25.0 Å². The van der Waals surface area contributed by atoms with Gasteiger partial charge in [-0.25, -0.2) is 0 Å². The number of carbonyl (C=O) groups is 2. The van der Waals surface area contributed by atoms with Crippen LogP contribution in [0.1, 0.15) is 36.8 Å². The molecule has 0 radical (unpaired) electrons. The number of nitrogens with one attached hydrogen (secondary N) is 2.